The van der Waals surface area contributed by atoms with Crippen molar-refractivity contribution < 1.29 is 18.3 Å². The van der Waals surface area contributed by atoms with Crippen molar-refractivity contribution >= 4 is 6.09 Å². The first kappa shape index (κ1) is 17.4. The fourth-order valence-corrected chi connectivity index (χ4v) is 1.67. The molecule has 0 heterocycles. The Labute approximate surface area is 123 Å². The molecule has 0 bridgehead atoms. The Kier molecular flexibility index (Phi) is 6.08. The summed E-state index contributed by atoms with van der Waals surface area (Å²) in [4.78, 5) is 11.4. The zero-order valence-electron chi connectivity index (χ0n) is 12.8. The maximum atomic E-state index is 13.1. The molecule has 6 heteroatoms. The van der Waals surface area contributed by atoms with Crippen LogP contribution in [-0.2, 0) is 4.74 Å². The number of hydrogen-bond donors (Lipinski definition) is 2. The third kappa shape index (κ3) is 6.53. The smallest absolute Gasteiger partial charge is 0.407 e. The summed E-state index contributed by atoms with van der Waals surface area (Å²) in [5, 5.41) is 5.71. The van der Waals surface area contributed by atoms with Crippen LogP contribution in [0.25, 0.3) is 0 Å². The van der Waals surface area contributed by atoms with Crippen molar-refractivity contribution in [1.82, 2.24) is 10.6 Å². The lowest BCUT2D eigenvalue weighted by Crippen LogP contribution is -2.36. The molecule has 0 aliphatic rings. The first-order valence-corrected chi connectivity index (χ1v) is 6.84. The summed E-state index contributed by atoms with van der Waals surface area (Å²) in [5.74, 6) is -1.73. The number of carbonyl (C=O) groups is 1. The van der Waals surface area contributed by atoms with Crippen LogP contribution in [0.3, 0.4) is 0 Å². The Morgan fingerprint density at radius 1 is 1.24 bits per heavy atom. The van der Waals surface area contributed by atoms with E-state index in [4.69, 9.17) is 4.74 Å². The number of hydrogen-bond acceptors (Lipinski definition) is 3. The highest BCUT2D eigenvalue weighted by Crippen LogP contribution is 2.15. The van der Waals surface area contributed by atoms with Gasteiger partial charge in [0.05, 0.1) is 0 Å². The van der Waals surface area contributed by atoms with Gasteiger partial charge in [-0.2, -0.15) is 0 Å². The largest absolute Gasteiger partial charge is 0.444 e. The first-order valence-electron chi connectivity index (χ1n) is 6.84. The first-order chi connectivity index (χ1) is 9.69. The van der Waals surface area contributed by atoms with Gasteiger partial charge in [-0.25, -0.2) is 13.6 Å². The van der Waals surface area contributed by atoms with E-state index in [9.17, 15) is 13.6 Å². The molecular formula is C15H22F2N2O2. The van der Waals surface area contributed by atoms with E-state index in [2.05, 4.69) is 10.6 Å². The van der Waals surface area contributed by atoms with Gasteiger partial charge in [-0.3, -0.25) is 0 Å². The molecule has 2 N–H and O–H groups in total. The molecule has 1 unspecified atom stereocenters. The Morgan fingerprint density at radius 3 is 2.48 bits per heavy atom. The monoisotopic (exact) mass is 300 g/mol. The quantitative estimate of drug-likeness (QED) is 0.821. The van der Waals surface area contributed by atoms with Crippen molar-refractivity contribution in [2.75, 3.05) is 13.1 Å². The molecule has 1 rings (SSSR count). The van der Waals surface area contributed by atoms with Crippen molar-refractivity contribution in [2.45, 2.75) is 39.3 Å². The van der Waals surface area contributed by atoms with Gasteiger partial charge in [0, 0.05) is 19.1 Å². The van der Waals surface area contributed by atoms with Crippen LogP contribution < -0.4 is 10.6 Å². The maximum absolute atomic E-state index is 13.1. The highest BCUT2D eigenvalue weighted by atomic mass is 19.2. The summed E-state index contributed by atoms with van der Waals surface area (Å²) in [6.07, 6.45) is -0.482. The van der Waals surface area contributed by atoms with Crippen LogP contribution in [0.4, 0.5) is 13.6 Å². The molecule has 1 atom stereocenters. The van der Waals surface area contributed by atoms with Gasteiger partial charge in [0.2, 0.25) is 0 Å². The standard InChI is InChI=1S/C15H22F2N2O2/c1-10(11-5-6-12(16)13(17)9-11)18-7-8-19-14(20)21-15(2,3)4/h5-6,9-10,18H,7-8H2,1-4H3,(H,19,20). The van der Waals surface area contributed by atoms with Crippen LogP contribution in [0.2, 0.25) is 0 Å². The Morgan fingerprint density at radius 2 is 1.90 bits per heavy atom. The summed E-state index contributed by atoms with van der Waals surface area (Å²) in [5.41, 5.74) is 0.113. The molecule has 0 fully saturated rings. The second-order valence-electron chi connectivity index (χ2n) is 5.78. The maximum Gasteiger partial charge on any atom is 0.407 e. The number of rotatable bonds is 5. The van der Waals surface area contributed by atoms with Gasteiger partial charge in [0.1, 0.15) is 5.60 Å². The lowest BCUT2D eigenvalue weighted by molar-refractivity contribution is 0.0528. The number of carbonyl (C=O) groups excluding carboxylic acids is 1. The highest BCUT2D eigenvalue weighted by molar-refractivity contribution is 5.67. The fraction of sp³-hybridized carbons (Fsp3) is 0.533. The van der Waals surface area contributed by atoms with Gasteiger partial charge < -0.3 is 15.4 Å². The van der Waals surface area contributed by atoms with Crippen molar-refractivity contribution in [3.63, 3.8) is 0 Å². The van der Waals surface area contributed by atoms with E-state index >= 15 is 0 Å². The summed E-state index contributed by atoms with van der Waals surface area (Å²) in [6, 6.07) is 3.63. The van der Waals surface area contributed by atoms with Gasteiger partial charge in [-0.1, -0.05) is 6.07 Å². The van der Waals surface area contributed by atoms with Crippen molar-refractivity contribution in [3.8, 4) is 0 Å². The SMILES string of the molecule is CC(NCCNC(=O)OC(C)(C)C)c1ccc(F)c(F)c1. The van der Waals surface area contributed by atoms with E-state index in [1.807, 2.05) is 6.92 Å². The minimum Gasteiger partial charge on any atom is -0.444 e. The molecule has 118 valence electrons. The average Bonchev–Trinajstić information content (AvgIpc) is 2.35. The molecule has 1 aromatic rings. The van der Waals surface area contributed by atoms with Gasteiger partial charge in [-0.15, -0.1) is 0 Å². The predicted octanol–water partition coefficient (Wildman–Crippen LogP) is 3.14. The number of nitrogens with one attached hydrogen (secondary N) is 2. The van der Waals surface area contributed by atoms with Crippen LogP contribution in [0.5, 0.6) is 0 Å². The number of alkyl carbamates (subject to hydrolysis) is 1. The van der Waals surface area contributed by atoms with Crippen molar-refractivity contribution in [1.29, 1.82) is 0 Å². The van der Waals surface area contributed by atoms with Crippen LogP contribution in [0, 0.1) is 11.6 Å². The summed E-state index contributed by atoms with van der Waals surface area (Å²) >= 11 is 0. The molecule has 1 aromatic carbocycles. The van der Waals surface area contributed by atoms with Crippen LogP contribution in [0.15, 0.2) is 18.2 Å². The Hall–Kier alpha value is -1.69. The molecule has 0 radical (unpaired) electrons. The average molecular weight is 300 g/mol. The van der Waals surface area contributed by atoms with Crippen LogP contribution in [0.1, 0.15) is 39.3 Å². The molecular weight excluding hydrogens is 278 g/mol. The topological polar surface area (TPSA) is 50.4 Å². The minimum absolute atomic E-state index is 0.152. The molecule has 0 saturated carbocycles. The van der Waals surface area contributed by atoms with Gasteiger partial charge >= 0.3 is 6.09 Å². The number of ether oxygens (including phenoxy) is 1. The van der Waals surface area contributed by atoms with E-state index < -0.39 is 23.3 Å². The molecule has 0 aliphatic heterocycles. The molecule has 21 heavy (non-hydrogen) atoms. The van der Waals surface area contributed by atoms with Gasteiger partial charge in [0.15, 0.2) is 11.6 Å². The van der Waals surface area contributed by atoms with E-state index in [-0.39, 0.29) is 6.04 Å². The lowest BCUT2D eigenvalue weighted by Gasteiger charge is -2.20. The predicted molar refractivity (Wildman–Crippen MR) is 77.0 cm³/mol. The summed E-state index contributed by atoms with van der Waals surface area (Å²) < 4.78 is 31.0. The molecule has 0 spiro atoms. The van der Waals surface area contributed by atoms with Crippen LogP contribution in [-0.4, -0.2) is 24.8 Å². The molecule has 0 saturated heterocycles. The minimum atomic E-state index is -0.868. The third-order valence-electron chi connectivity index (χ3n) is 2.69. The zero-order chi connectivity index (χ0) is 16.0. The normalized spacial score (nSPS) is 12.9. The summed E-state index contributed by atoms with van der Waals surface area (Å²) in [7, 11) is 0. The second kappa shape index (κ2) is 7.36. The summed E-state index contributed by atoms with van der Waals surface area (Å²) in [6.45, 7) is 8.06. The number of benzene rings is 1. The lowest BCUT2D eigenvalue weighted by atomic mass is 10.1. The molecule has 0 aromatic heterocycles. The van der Waals surface area contributed by atoms with Crippen LogP contribution >= 0.6 is 0 Å². The van der Waals surface area contributed by atoms with E-state index in [1.54, 1.807) is 20.8 Å². The van der Waals surface area contributed by atoms with E-state index in [0.717, 1.165) is 12.1 Å². The van der Waals surface area contributed by atoms with E-state index in [1.165, 1.54) is 6.07 Å². The highest BCUT2D eigenvalue weighted by Gasteiger charge is 2.15. The number of halogens is 2. The molecule has 4 nitrogen and oxygen atoms in total. The number of amides is 1. The Bertz CT molecular complexity index is 487. The molecule has 0 aliphatic carbocycles. The fourth-order valence-electron chi connectivity index (χ4n) is 1.67. The van der Waals surface area contributed by atoms with Crippen molar-refractivity contribution in [3.05, 3.63) is 35.4 Å². The zero-order valence-corrected chi connectivity index (χ0v) is 12.8. The molecule has 1 amide bonds. The second-order valence-corrected chi connectivity index (χ2v) is 5.78. The Balaban J connectivity index is 2.32. The van der Waals surface area contributed by atoms with Gasteiger partial charge in [0.25, 0.3) is 0 Å². The van der Waals surface area contributed by atoms with Gasteiger partial charge in [-0.05, 0) is 45.4 Å². The third-order valence-corrected chi connectivity index (χ3v) is 2.69. The van der Waals surface area contributed by atoms with Crippen molar-refractivity contribution in [2.24, 2.45) is 0 Å². The van der Waals surface area contributed by atoms with E-state index in [0.29, 0.717) is 18.7 Å².